The van der Waals surface area contributed by atoms with Crippen LogP contribution in [0.5, 0.6) is 0 Å². The molecule has 2 rings (SSSR count). The van der Waals surface area contributed by atoms with Crippen LogP contribution in [-0.4, -0.2) is 62.8 Å². The summed E-state index contributed by atoms with van der Waals surface area (Å²) in [6, 6.07) is 0. The number of nitrogens with zero attached hydrogens (tertiary/aromatic N) is 5. The Kier molecular flexibility index (Phi) is 2.24. The van der Waals surface area contributed by atoms with Crippen LogP contribution in [0.3, 0.4) is 0 Å². The molecule has 0 amide bonds. The minimum atomic E-state index is 0.107. The molecule has 0 saturated carbocycles. The fraction of sp³-hybridized carbons (Fsp3) is 0.500. The second kappa shape index (κ2) is 3.10. The van der Waals surface area contributed by atoms with Gasteiger partial charge >= 0.3 is 0 Å². The third kappa shape index (κ3) is 1.44. The van der Waals surface area contributed by atoms with Crippen LogP contribution in [0.2, 0.25) is 5.28 Å². The van der Waals surface area contributed by atoms with Gasteiger partial charge in [0.15, 0.2) is 0 Å². The number of anilines is 1. The van der Waals surface area contributed by atoms with Gasteiger partial charge in [0.1, 0.15) is 0 Å². The third-order valence-corrected chi connectivity index (χ3v) is 6.69. The summed E-state index contributed by atoms with van der Waals surface area (Å²) in [4.78, 5) is 3.51. The second-order valence-electron chi connectivity index (χ2n) is 2.86. The molecule has 1 aromatic heterocycles. The molecule has 1 fully saturated rings. The normalized spacial score (nSPS) is 27.2. The van der Waals surface area contributed by atoms with Gasteiger partial charge in [0.05, 0.1) is 0 Å². The third-order valence-electron chi connectivity index (χ3n) is 2.16. The van der Waals surface area contributed by atoms with Gasteiger partial charge in [0.25, 0.3) is 11.2 Å². The maximum Gasteiger partial charge on any atom is 0.263 e. The van der Waals surface area contributed by atoms with Crippen LogP contribution in [0, 0.1) is 0 Å². The maximum atomic E-state index is 5.46. The summed E-state index contributed by atoms with van der Waals surface area (Å²) in [6.45, 7) is 0. The van der Waals surface area contributed by atoms with Crippen LogP contribution in [0.25, 0.3) is 0 Å². The second-order valence-corrected chi connectivity index (χ2v) is 5.56. The van der Waals surface area contributed by atoms with Gasteiger partial charge < -0.3 is 4.90 Å². The van der Waals surface area contributed by atoms with Gasteiger partial charge in [-0.1, -0.05) is 0 Å². The van der Waals surface area contributed by atoms with Crippen molar-refractivity contribution in [3.05, 3.63) is 5.28 Å². The van der Waals surface area contributed by atoms with Crippen molar-refractivity contribution in [2.75, 3.05) is 4.90 Å². The highest BCUT2D eigenvalue weighted by Crippen LogP contribution is 2.26. The Labute approximate surface area is 90.4 Å². The van der Waals surface area contributed by atoms with E-state index in [0.717, 1.165) is 32.6 Å². The van der Waals surface area contributed by atoms with E-state index in [-0.39, 0.29) is 5.28 Å². The Morgan fingerprint density at radius 1 is 1.08 bits per heavy atom. The summed E-state index contributed by atoms with van der Waals surface area (Å²) in [5, 5.41) is 15.1. The smallest absolute Gasteiger partial charge is 0.263 e. The highest BCUT2D eigenvalue weighted by atomic mass is 35.5. The van der Waals surface area contributed by atoms with Crippen LogP contribution >= 0.6 is 11.6 Å². The Hall–Kier alpha value is 0.0949. The molecule has 0 aliphatic carbocycles. The van der Waals surface area contributed by atoms with Crippen molar-refractivity contribution in [1.29, 1.82) is 0 Å². The van der Waals surface area contributed by atoms with E-state index in [4.69, 9.17) is 11.6 Å². The molecule has 5 nitrogen and oxygen atoms in total. The first-order chi connectivity index (χ1) is 5.70. The van der Waals surface area contributed by atoms with Crippen LogP contribution in [0.1, 0.15) is 0 Å². The molecule has 12 heavy (non-hydrogen) atoms. The molecule has 1 aliphatic heterocycles. The van der Waals surface area contributed by atoms with E-state index in [1.54, 1.807) is 0 Å². The van der Waals surface area contributed by atoms with E-state index in [2.05, 4.69) is 25.3 Å². The zero-order valence-electron chi connectivity index (χ0n) is 6.77. The zero-order chi connectivity index (χ0) is 8.72. The summed E-state index contributed by atoms with van der Waals surface area (Å²) < 4.78 is 0. The lowest BCUT2D eigenvalue weighted by molar-refractivity contribution is 0.845. The molecule has 0 radical (unpaired) electrons. The standard InChI is InChI=1S/C4H2ClN5.2Al.4H/c5-3-6-8-4(9-7-3)10-1-2-10;;;;;;/h1-2H;;;;;;. The van der Waals surface area contributed by atoms with Gasteiger partial charge in [-0.15, -0.1) is 20.4 Å². The van der Waals surface area contributed by atoms with Crippen molar-refractivity contribution in [1.82, 2.24) is 20.4 Å². The van der Waals surface area contributed by atoms with Crippen molar-refractivity contribution < 1.29 is 0 Å². The van der Waals surface area contributed by atoms with E-state index in [0.29, 0.717) is 15.8 Å². The molecular formula is C4H6Al2ClN5. The van der Waals surface area contributed by atoms with Gasteiger partial charge in [0.2, 0.25) is 32.6 Å². The Bertz CT molecular complexity index is 284. The summed E-state index contributed by atoms with van der Waals surface area (Å²) in [6.07, 6.45) is 0. The molecule has 0 bridgehead atoms. The van der Waals surface area contributed by atoms with Crippen molar-refractivity contribution in [3.63, 3.8) is 0 Å². The molecule has 2 heterocycles. The van der Waals surface area contributed by atoms with E-state index >= 15 is 0 Å². The summed E-state index contributed by atoms with van der Waals surface area (Å²) >= 11 is 7.76. The fourth-order valence-corrected chi connectivity index (χ4v) is 3.56. The molecular weight excluding hydrogens is 207 g/mol. The Balaban J connectivity index is 2.20. The van der Waals surface area contributed by atoms with Gasteiger partial charge in [0, 0.05) is 0 Å². The van der Waals surface area contributed by atoms with Crippen molar-refractivity contribution in [2.45, 2.75) is 9.81 Å². The van der Waals surface area contributed by atoms with Crippen LogP contribution in [0.4, 0.5) is 5.95 Å². The van der Waals surface area contributed by atoms with Gasteiger partial charge in [-0.05, 0) is 21.4 Å². The van der Waals surface area contributed by atoms with Crippen LogP contribution in [-0.2, 0) is 0 Å². The topological polar surface area (TPSA) is 54.6 Å². The van der Waals surface area contributed by atoms with Crippen LogP contribution in [0.15, 0.2) is 0 Å². The van der Waals surface area contributed by atoms with Crippen molar-refractivity contribution in [3.8, 4) is 0 Å². The predicted molar refractivity (Wildman–Crippen MR) is 49.8 cm³/mol. The first-order valence-corrected chi connectivity index (χ1v) is 6.40. The first-order valence-electron chi connectivity index (χ1n) is 3.71. The molecule has 2 unspecified atom stereocenters. The lowest BCUT2D eigenvalue weighted by Crippen LogP contribution is -2.07. The Morgan fingerprint density at radius 3 is 2.00 bits per heavy atom. The van der Waals surface area contributed by atoms with Gasteiger partial charge in [-0.25, -0.2) is 0 Å². The first kappa shape index (κ1) is 8.68. The summed E-state index contributed by atoms with van der Waals surface area (Å²) in [5.41, 5.74) is 0. The highest BCUT2D eigenvalue weighted by Gasteiger charge is 2.40. The molecule has 1 saturated heterocycles. The predicted octanol–water partition coefficient (Wildman–Crippen LogP) is -2.34. The van der Waals surface area contributed by atoms with Crippen molar-refractivity contribution in [2.24, 2.45) is 0 Å². The number of halogens is 1. The minimum Gasteiger partial charge on any atom is -0.360 e. The SMILES string of the molecule is [AlH2][CH]1[CH]([AlH2])N1c1nnc(Cl)nn1. The van der Waals surface area contributed by atoms with E-state index in [9.17, 15) is 0 Å². The summed E-state index contributed by atoms with van der Waals surface area (Å²) in [7, 11) is 0. The number of rotatable bonds is 1. The Morgan fingerprint density at radius 2 is 1.58 bits per heavy atom. The van der Waals surface area contributed by atoms with E-state index in [1.165, 1.54) is 0 Å². The molecule has 60 valence electrons. The molecule has 1 aromatic rings. The van der Waals surface area contributed by atoms with Crippen molar-refractivity contribution >= 4 is 50.1 Å². The maximum absolute atomic E-state index is 5.46. The van der Waals surface area contributed by atoms with E-state index in [1.807, 2.05) is 0 Å². The number of aromatic nitrogens is 4. The molecule has 2 atom stereocenters. The lowest BCUT2D eigenvalue weighted by Gasteiger charge is -1.98. The fourth-order valence-electron chi connectivity index (χ4n) is 1.18. The molecule has 8 heteroatoms. The number of hydrogen-bond acceptors (Lipinski definition) is 5. The molecule has 0 N–H and O–H groups in total. The quantitative estimate of drug-likeness (QED) is 0.387. The molecule has 0 aromatic carbocycles. The lowest BCUT2D eigenvalue weighted by atomic mass is 10.9. The van der Waals surface area contributed by atoms with Crippen LogP contribution < -0.4 is 4.90 Å². The molecule has 1 aliphatic rings. The molecule has 0 spiro atoms. The highest BCUT2D eigenvalue weighted by molar-refractivity contribution is 6.29. The number of hydrogen-bond donors (Lipinski definition) is 0. The largest absolute Gasteiger partial charge is 0.360 e. The zero-order valence-corrected chi connectivity index (χ0v) is 11.5. The average Bonchev–Trinajstić information content (AvgIpc) is 2.63. The average molecular weight is 214 g/mol. The minimum absolute atomic E-state index is 0.107. The van der Waals surface area contributed by atoms with Gasteiger partial charge in [-0.2, -0.15) is 0 Å². The van der Waals surface area contributed by atoms with E-state index < -0.39 is 0 Å². The van der Waals surface area contributed by atoms with Gasteiger partial charge in [-0.3, -0.25) is 0 Å². The summed E-state index contributed by atoms with van der Waals surface area (Å²) in [5.74, 6) is 0.624. The monoisotopic (exact) mass is 213 g/mol.